The minimum absolute atomic E-state index is 0.0553. The molecule has 1 amide bonds. The quantitative estimate of drug-likeness (QED) is 0.783. The summed E-state index contributed by atoms with van der Waals surface area (Å²) in [6, 6.07) is 3.82. The van der Waals surface area contributed by atoms with Gasteiger partial charge in [-0.15, -0.1) is 0 Å². The van der Waals surface area contributed by atoms with Crippen LogP contribution in [0.5, 0.6) is 0 Å². The van der Waals surface area contributed by atoms with Crippen molar-refractivity contribution in [2.75, 3.05) is 13.2 Å². The maximum atomic E-state index is 12.6. The summed E-state index contributed by atoms with van der Waals surface area (Å²) < 4.78 is 3.57. The number of aromatic nitrogens is 3. The van der Waals surface area contributed by atoms with Gasteiger partial charge in [0.25, 0.3) is 5.91 Å². The average Bonchev–Trinajstić information content (AvgIpc) is 3.20. The summed E-state index contributed by atoms with van der Waals surface area (Å²) in [6.45, 7) is 4.89. The van der Waals surface area contributed by atoms with Crippen molar-refractivity contribution in [3.8, 4) is 5.82 Å². The molecule has 0 saturated carbocycles. The van der Waals surface area contributed by atoms with Gasteiger partial charge in [-0.3, -0.25) is 9.48 Å². The van der Waals surface area contributed by atoms with E-state index in [0.717, 1.165) is 18.7 Å². The van der Waals surface area contributed by atoms with Crippen molar-refractivity contribution < 1.29 is 9.90 Å². The lowest BCUT2D eigenvalue weighted by molar-refractivity contribution is 0.0907. The van der Waals surface area contributed by atoms with E-state index in [9.17, 15) is 9.90 Å². The van der Waals surface area contributed by atoms with Crippen molar-refractivity contribution in [3.63, 3.8) is 0 Å². The summed E-state index contributed by atoms with van der Waals surface area (Å²) in [5.74, 6) is 0.610. The zero-order valence-electron chi connectivity index (χ0n) is 14.1. The summed E-state index contributed by atoms with van der Waals surface area (Å²) in [5, 5.41) is 16.5. The fourth-order valence-corrected chi connectivity index (χ4v) is 2.92. The zero-order chi connectivity index (χ0) is 16.9. The first-order valence-corrected chi connectivity index (χ1v) is 8.11. The standard InChI is InChI=1S/C17H26N4O2/c1-4-17(5-2,8-11-22)13-18-15(23)14-12-19-20(3)16(14)21-9-6-7-10-21/h6-7,9-10,12,22H,4-5,8,11,13H2,1-3H3,(H,18,23). The molecule has 0 saturated heterocycles. The van der Waals surface area contributed by atoms with Gasteiger partial charge in [0.15, 0.2) is 0 Å². The Morgan fingerprint density at radius 2 is 1.96 bits per heavy atom. The molecule has 0 spiro atoms. The number of amides is 1. The highest BCUT2D eigenvalue weighted by molar-refractivity contribution is 5.97. The number of nitrogens with one attached hydrogen (secondary N) is 1. The van der Waals surface area contributed by atoms with Crippen LogP contribution in [-0.4, -0.2) is 38.5 Å². The number of nitrogens with zero attached hydrogens (tertiary/aromatic N) is 3. The van der Waals surface area contributed by atoms with Gasteiger partial charge in [0.2, 0.25) is 0 Å². The van der Waals surface area contributed by atoms with Crippen LogP contribution in [0.4, 0.5) is 0 Å². The van der Waals surface area contributed by atoms with Gasteiger partial charge in [0.05, 0.1) is 6.20 Å². The molecule has 0 bridgehead atoms. The molecule has 2 N–H and O–H groups in total. The first-order valence-electron chi connectivity index (χ1n) is 8.11. The molecule has 0 atom stereocenters. The van der Waals surface area contributed by atoms with Crippen LogP contribution in [0.25, 0.3) is 5.82 Å². The largest absolute Gasteiger partial charge is 0.396 e. The summed E-state index contributed by atoms with van der Waals surface area (Å²) in [6.07, 6.45) is 7.90. The zero-order valence-corrected chi connectivity index (χ0v) is 14.1. The molecule has 2 heterocycles. The number of carbonyl (C=O) groups is 1. The molecule has 0 fully saturated rings. The molecular weight excluding hydrogens is 292 g/mol. The maximum Gasteiger partial charge on any atom is 0.256 e. The van der Waals surface area contributed by atoms with Crippen LogP contribution in [-0.2, 0) is 7.05 Å². The van der Waals surface area contributed by atoms with Gasteiger partial charge in [-0.05, 0) is 36.8 Å². The molecule has 0 aromatic carbocycles. The van der Waals surface area contributed by atoms with Crippen molar-refractivity contribution in [1.29, 1.82) is 0 Å². The van der Waals surface area contributed by atoms with E-state index in [4.69, 9.17) is 0 Å². The first-order chi connectivity index (χ1) is 11.1. The van der Waals surface area contributed by atoms with Gasteiger partial charge < -0.3 is 15.0 Å². The summed E-state index contributed by atoms with van der Waals surface area (Å²) in [7, 11) is 1.82. The number of rotatable bonds is 8. The van der Waals surface area contributed by atoms with Crippen LogP contribution in [0.2, 0.25) is 0 Å². The second kappa shape index (κ2) is 7.46. The molecular formula is C17H26N4O2. The lowest BCUT2D eigenvalue weighted by atomic mass is 9.79. The minimum atomic E-state index is -0.133. The number of hydrogen-bond acceptors (Lipinski definition) is 3. The molecule has 126 valence electrons. The predicted molar refractivity (Wildman–Crippen MR) is 89.6 cm³/mol. The molecule has 2 aromatic rings. The van der Waals surface area contributed by atoms with Crippen LogP contribution in [0.15, 0.2) is 30.7 Å². The Morgan fingerprint density at radius 1 is 1.30 bits per heavy atom. The van der Waals surface area contributed by atoms with Crippen molar-refractivity contribution in [2.24, 2.45) is 12.5 Å². The van der Waals surface area contributed by atoms with Crippen LogP contribution in [0, 0.1) is 5.41 Å². The second-order valence-electron chi connectivity index (χ2n) is 5.96. The molecule has 0 radical (unpaired) electrons. The third-order valence-electron chi connectivity index (χ3n) is 4.77. The normalized spacial score (nSPS) is 11.7. The highest BCUT2D eigenvalue weighted by Crippen LogP contribution is 2.29. The number of aliphatic hydroxyl groups is 1. The van der Waals surface area contributed by atoms with E-state index in [1.165, 1.54) is 0 Å². The molecule has 6 heteroatoms. The van der Waals surface area contributed by atoms with Crippen molar-refractivity contribution in [2.45, 2.75) is 33.1 Å². The highest BCUT2D eigenvalue weighted by atomic mass is 16.3. The van der Waals surface area contributed by atoms with Gasteiger partial charge in [-0.25, -0.2) is 0 Å². The van der Waals surface area contributed by atoms with Gasteiger partial charge in [-0.1, -0.05) is 13.8 Å². The second-order valence-corrected chi connectivity index (χ2v) is 5.96. The monoisotopic (exact) mass is 318 g/mol. The minimum Gasteiger partial charge on any atom is -0.396 e. The molecule has 6 nitrogen and oxygen atoms in total. The van der Waals surface area contributed by atoms with E-state index in [1.54, 1.807) is 10.9 Å². The Labute approximate surface area is 137 Å². The molecule has 2 aromatic heterocycles. The average molecular weight is 318 g/mol. The van der Waals surface area contributed by atoms with Crippen molar-refractivity contribution in [1.82, 2.24) is 19.7 Å². The number of aryl methyl sites for hydroxylation is 1. The maximum absolute atomic E-state index is 12.6. The van der Waals surface area contributed by atoms with E-state index < -0.39 is 0 Å². The third-order valence-corrected chi connectivity index (χ3v) is 4.77. The van der Waals surface area contributed by atoms with Crippen molar-refractivity contribution >= 4 is 5.91 Å². The van der Waals surface area contributed by atoms with Crippen LogP contribution in [0.3, 0.4) is 0 Å². The molecule has 0 aliphatic heterocycles. The smallest absolute Gasteiger partial charge is 0.256 e. The van der Waals surface area contributed by atoms with E-state index >= 15 is 0 Å². The van der Waals surface area contributed by atoms with E-state index in [1.807, 2.05) is 36.1 Å². The van der Waals surface area contributed by atoms with Crippen molar-refractivity contribution in [3.05, 3.63) is 36.3 Å². The van der Waals surface area contributed by atoms with Crippen LogP contribution in [0.1, 0.15) is 43.5 Å². The van der Waals surface area contributed by atoms with Gasteiger partial charge in [0.1, 0.15) is 11.4 Å². The van der Waals surface area contributed by atoms with Gasteiger partial charge in [-0.2, -0.15) is 5.10 Å². The lowest BCUT2D eigenvalue weighted by Gasteiger charge is -2.31. The fraction of sp³-hybridized carbons (Fsp3) is 0.529. The summed E-state index contributed by atoms with van der Waals surface area (Å²) >= 11 is 0. The summed E-state index contributed by atoms with van der Waals surface area (Å²) in [4.78, 5) is 12.6. The fourth-order valence-electron chi connectivity index (χ4n) is 2.92. The Balaban J connectivity index is 2.16. The molecule has 0 aliphatic carbocycles. The Hall–Kier alpha value is -2.08. The number of hydrogen-bond donors (Lipinski definition) is 2. The van der Waals surface area contributed by atoms with E-state index in [0.29, 0.717) is 18.5 Å². The Kier molecular flexibility index (Phi) is 5.60. The lowest BCUT2D eigenvalue weighted by Crippen LogP contribution is -2.38. The predicted octanol–water partition coefficient (Wildman–Crippen LogP) is 2.13. The molecule has 23 heavy (non-hydrogen) atoms. The summed E-state index contributed by atoms with van der Waals surface area (Å²) in [5.41, 5.74) is 0.494. The molecule has 0 aliphatic rings. The van der Waals surface area contributed by atoms with Crippen LogP contribution >= 0.6 is 0 Å². The topological polar surface area (TPSA) is 72.1 Å². The molecule has 2 rings (SSSR count). The van der Waals surface area contributed by atoms with Crippen LogP contribution < -0.4 is 5.32 Å². The van der Waals surface area contributed by atoms with E-state index in [2.05, 4.69) is 24.3 Å². The highest BCUT2D eigenvalue weighted by Gasteiger charge is 2.27. The van der Waals surface area contributed by atoms with Gasteiger partial charge in [0, 0.05) is 32.6 Å². The molecule has 0 unspecified atom stereocenters. The third kappa shape index (κ3) is 3.64. The van der Waals surface area contributed by atoms with Gasteiger partial charge >= 0.3 is 0 Å². The van der Waals surface area contributed by atoms with E-state index in [-0.39, 0.29) is 17.9 Å². The number of carbonyl (C=O) groups excluding carboxylic acids is 1. The SMILES string of the molecule is CCC(CC)(CCO)CNC(=O)c1cnn(C)c1-n1cccc1. The number of aliphatic hydroxyl groups excluding tert-OH is 1. The Bertz CT molecular complexity index is 627. The Morgan fingerprint density at radius 3 is 2.52 bits per heavy atom. The first kappa shape index (κ1) is 17.3.